The number of carbonyl (C=O) groups is 1. The number of fused-ring (bicyclic) bond motifs is 1. The molecule has 10 heteroatoms. The molecule has 4 heterocycles. The molecule has 0 N–H and O–H groups in total. The molecule has 0 atom stereocenters. The molecule has 0 radical (unpaired) electrons. The molecule has 1 aliphatic carbocycles. The molecule has 0 unspecified atom stereocenters. The van der Waals surface area contributed by atoms with Gasteiger partial charge in [0.25, 0.3) is 11.8 Å². The van der Waals surface area contributed by atoms with Crippen molar-refractivity contribution in [3.8, 4) is 28.6 Å². The van der Waals surface area contributed by atoms with Crippen molar-refractivity contribution in [2.75, 3.05) is 18.0 Å². The Morgan fingerprint density at radius 3 is 2.55 bits per heavy atom. The van der Waals surface area contributed by atoms with Crippen molar-refractivity contribution in [3.05, 3.63) is 82.8 Å². The van der Waals surface area contributed by atoms with Crippen LogP contribution in [0, 0.1) is 11.3 Å². The molecule has 42 heavy (non-hydrogen) atoms. The Hall–Kier alpha value is -4.49. The number of rotatable bonds is 6. The molecule has 1 saturated carbocycles. The molecule has 2 fully saturated rings. The number of piperidine rings is 1. The normalized spacial score (nSPS) is 18.2. The second-order valence-corrected chi connectivity index (χ2v) is 11.6. The van der Waals surface area contributed by atoms with E-state index in [1.54, 1.807) is 17.3 Å². The van der Waals surface area contributed by atoms with E-state index >= 15 is 0 Å². The number of alkyl halides is 2. The minimum Gasteiger partial charge on any atom is -0.317 e. The summed E-state index contributed by atoms with van der Waals surface area (Å²) in [6.07, 6.45) is 3.47. The average molecular weight is 566 g/mol. The van der Waals surface area contributed by atoms with E-state index in [0.29, 0.717) is 54.9 Å². The van der Waals surface area contributed by atoms with Crippen molar-refractivity contribution >= 4 is 11.7 Å². The summed E-state index contributed by atoms with van der Waals surface area (Å²) in [5, 5.41) is 17.9. The van der Waals surface area contributed by atoms with Gasteiger partial charge in [0.05, 0.1) is 18.2 Å². The van der Waals surface area contributed by atoms with Gasteiger partial charge in [0, 0.05) is 62.3 Å². The predicted molar refractivity (Wildman–Crippen MR) is 153 cm³/mol. The summed E-state index contributed by atoms with van der Waals surface area (Å²) in [4.78, 5) is 22.5. The fourth-order valence-electron chi connectivity index (χ4n) is 5.92. The molecule has 2 aliphatic heterocycles. The van der Waals surface area contributed by atoms with Gasteiger partial charge in [-0.05, 0) is 65.4 Å². The van der Waals surface area contributed by atoms with E-state index < -0.39 is 5.92 Å². The van der Waals surface area contributed by atoms with E-state index in [-0.39, 0.29) is 18.7 Å². The van der Waals surface area contributed by atoms with E-state index in [2.05, 4.69) is 22.3 Å². The van der Waals surface area contributed by atoms with Crippen LogP contribution in [0.15, 0.2) is 54.9 Å². The minimum atomic E-state index is -2.58. The number of nitrogens with zero attached hydrogens (tertiary/aromatic N) is 7. The smallest absolute Gasteiger partial charge is 0.260 e. The molecule has 4 aromatic rings. The second kappa shape index (κ2) is 10.1. The third-order valence-corrected chi connectivity index (χ3v) is 8.49. The third-order valence-electron chi connectivity index (χ3n) is 8.49. The van der Waals surface area contributed by atoms with Gasteiger partial charge in [0.15, 0.2) is 5.82 Å². The zero-order valence-electron chi connectivity index (χ0n) is 23.2. The number of amides is 1. The Bertz CT molecular complexity index is 1740. The highest BCUT2D eigenvalue weighted by Crippen LogP contribution is 2.43. The Labute approximate surface area is 242 Å². The quantitative estimate of drug-likeness (QED) is 0.299. The first-order valence-electron chi connectivity index (χ1n) is 14.2. The third kappa shape index (κ3) is 4.94. The molecule has 2 aromatic heterocycles. The van der Waals surface area contributed by atoms with Crippen molar-refractivity contribution in [3.63, 3.8) is 0 Å². The number of aromatic nitrogens is 4. The standard InChI is InChI=1S/C32H29F2N7O/c1-39-19-36-38-30(39)27-12-20(16-35)3-7-25(27)24-14-28(22-5-6-22)37-29(15-24)41-18-23-4-2-21(13-26(23)31(41)42)17-40-10-8-32(33,34)9-11-40/h2-4,7,12-15,19,22H,5-6,8-11,17-18H2,1H3. The van der Waals surface area contributed by atoms with E-state index in [4.69, 9.17) is 4.98 Å². The van der Waals surface area contributed by atoms with Gasteiger partial charge in [-0.25, -0.2) is 13.8 Å². The van der Waals surface area contributed by atoms with E-state index in [1.165, 1.54) is 0 Å². The lowest BCUT2D eigenvalue weighted by atomic mass is 9.96. The fourth-order valence-corrected chi connectivity index (χ4v) is 5.92. The highest BCUT2D eigenvalue weighted by molar-refractivity contribution is 6.10. The molecule has 0 bridgehead atoms. The summed E-state index contributed by atoms with van der Waals surface area (Å²) in [5.74, 6) is -1.12. The van der Waals surface area contributed by atoms with Crippen LogP contribution in [-0.2, 0) is 20.1 Å². The van der Waals surface area contributed by atoms with Gasteiger partial charge >= 0.3 is 0 Å². The van der Waals surface area contributed by atoms with Crippen LogP contribution in [0.1, 0.15) is 64.3 Å². The number of hydrogen-bond acceptors (Lipinski definition) is 6. The average Bonchev–Trinajstić information content (AvgIpc) is 3.68. The van der Waals surface area contributed by atoms with Crippen LogP contribution < -0.4 is 4.90 Å². The summed E-state index contributed by atoms with van der Waals surface area (Å²) in [6, 6.07) is 17.6. The maximum atomic E-state index is 13.8. The van der Waals surface area contributed by atoms with Crippen LogP contribution in [0.3, 0.4) is 0 Å². The first-order valence-corrected chi connectivity index (χ1v) is 14.2. The minimum absolute atomic E-state index is 0.114. The van der Waals surface area contributed by atoms with Gasteiger partial charge in [-0.15, -0.1) is 10.2 Å². The Balaban J connectivity index is 1.22. The molecule has 0 spiro atoms. The number of aryl methyl sites for hydroxylation is 1. The van der Waals surface area contributed by atoms with Crippen molar-refractivity contribution < 1.29 is 13.6 Å². The van der Waals surface area contributed by atoms with Crippen LogP contribution >= 0.6 is 0 Å². The Kier molecular flexibility index (Phi) is 6.35. The van der Waals surface area contributed by atoms with Crippen molar-refractivity contribution in [1.82, 2.24) is 24.6 Å². The topological polar surface area (TPSA) is 90.9 Å². The predicted octanol–water partition coefficient (Wildman–Crippen LogP) is 5.68. The summed E-state index contributed by atoms with van der Waals surface area (Å²) in [5.41, 5.74) is 6.53. The largest absolute Gasteiger partial charge is 0.317 e. The summed E-state index contributed by atoms with van der Waals surface area (Å²) >= 11 is 0. The molecule has 1 amide bonds. The number of carbonyl (C=O) groups excluding carboxylic acids is 1. The highest BCUT2D eigenvalue weighted by Gasteiger charge is 2.35. The zero-order chi connectivity index (χ0) is 29.0. The molecule has 8 nitrogen and oxygen atoms in total. The maximum absolute atomic E-state index is 13.8. The van der Waals surface area contributed by atoms with E-state index in [9.17, 15) is 18.8 Å². The highest BCUT2D eigenvalue weighted by atomic mass is 19.3. The Morgan fingerprint density at radius 2 is 1.83 bits per heavy atom. The van der Waals surface area contributed by atoms with Gasteiger partial charge in [0.1, 0.15) is 12.1 Å². The van der Waals surface area contributed by atoms with Crippen LogP contribution in [0.4, 0.5) is 14.6 Å². The van der Waals surface area contributed by atoms with Crippen LogP contribution in [0.25, 0.3) is 22.5 Å². The van der Waals surface area contributed by atoms with Crippen LogP contribution in [0.5, 0.6) is 0 Å². The molecule has 7 rings (SSSR count). The van der Waals surface area contributed by atoms with Gasteiger partial charge in [-0.2, -0.15) is 5.26 Å². The monoisotopic (exact) mass is 565 g/mol. The summed E-state index contributed by atoms with van der Waals surface area (Å²) in [7, 11) is 1.86. The van der Waals surface area contributed by atoms with Crippen LogP contribution in [-0.4, -0.2) is 49.6 Å². The number of anilines is 1. The molecule has 212 valence electrons. The molecule has 2 aromatic carbocycles. The molecule has 3 aliphatic rings. The molecule has 1 saturated heterocycles. The maximum Gasteiger partial charge on any atom is 0.260 e. The van der Waals surface area contributed by atoms with Crippen LogP contribution in [0.2, 0.25) is 0 Å². The number of halogens is 2. The van der Waals surface area contributed by atoms with E-state index in [0.717, 1.165) is 46.4 Å². The Morgan fingerprint density at radius 1 is 1.02 bits per heavy atom. The first-order chi connectivity index (χ1) is 20.3. The van der Waals surface area contributed by atoms with Gasteiger partial charge < -0.3 is 4.57 Å². The SMILES string of the molecule is Cn1cnnc1-c1cc(C#N)ccc1-c1cc(C2CC2)nc(N2Cc3ccc(CN4CCC(F)(F)CC4)cc3C2=O)c1. The van der Waals surface area contributed by atoms with Gasteiger partial charge in [-0.3, -0.25) is 14.6 Å². The van der Waals surface area contributed by atoms with Crippen molar-refractivity contribution in [1.29, 1.82) is 5.26 Å². The van der Waals surface area contributed by atoms with Crippen molar-refractivity contribution in [2.45, 2.75) is 50.6 Å². The molecular formula is C32H29F2N7O. The van der Waals surface area contributed by atoms with Gasteiger partial charge in [-0.1, -0.05) is 18.2 Å². The first kappa shape index (κ1) is 26.4. The lowest BCUT2D eigenvalue weighted by Crippen LogP contribution is -2.38. The second-order valence-electron chi connectivity index (χ2n) is 11.6. The van der Waals surface area contributed by atoms with Gasteiger partial charge in [0.2, 0.25) is 0 Å². The van der Waals surface area contributed by atoms with Crippen molar-refractivity contribution in [2.24, 2.45) is 7.05 Å². The number of benzene rings is 2. The van der Waals surface area contributed by atoms with E-state index in [1.807, 2.05) is 52.9 Å². The molecular weight excluding hydrogens is 536 g/mol. The fraction of sp³-hybridized carbons (Fsp3) is 0.344. The lowest BCUT2D eigenvalue weighted by molar-refractivity contribution is -0.0566. The summed E-state index contributed by atoms with van der Waals surface area (Å²) < 4.78 is 29.0. The number of hydrogen-bond donors (Lipinski definition) is 0. The summed E-state index contributed by atoms with van der Waals surface area (Å²) in [6.45, 7) is 1.64. The number of pyridine rings is 1. The number of nitriles is 1. The zero-order valence-corrected chi connectivity index (χ0v) is 23.2. The lowest BCUT2D eigenvalue weighted by Gasteiger charge is -2.31. The number of likely N-dealkylation sites (tertiary alicyclic amines) is 1.